The van der Waals surface area contributed by atoms with E-state index in [1.165, 1.54) is 5.56 Å². The number of halogens is 2. The quantitative estimate of drug-likeness (QED) is 0.663. The maximum absolute atomic E-state index is 12.4. The topological polar surface area (TPSA) is 61.4 Å². The lowest BCUT2D eigenvalue weighted by atomic mass is 9.93. The highest BCUT2D eigenvalue weighted by Crippen LogP contribution is 2.41. The van der Waals surface area contributed by atoms with E-state index in [-0.39, 0.29) is 24.4 Å². The van der Waals surface area contributed by atoms with Crippen LogP contribution in [0.5, 0.6) is 0 Å². The van der Waals surface area contributed by atoms with Crippen LogP contribution < -0.4 is 10.6 Å². The summed E-state index contributed by atoms with van der Waals surface area (Å²) in [5, 5.41) is 7.04. The first-order valence-corrected chi connectivity index (χ1v) is 11.5. The summed E-state index contributed by atoms with van der Waals surface area (Å²) in [5.74, 6) is -0.455. The van der Waals surface area contributed by atoms with Gasteiger partial charge in [-0.15, -0.1) is 0 Å². The smallest absolute Gasteiger partial charge is 0.251 e. The highest BCUT2D eigenvalue weighted by atomic mass is 35.5. The van der Waals surface area contributed by atoms with Crippen LogP contribution in [0.15, 0.2) is 48.5 Å². The first kappa shape index (κ1) is 22.1. The highest BCUT2D eigenvalue weighted by Gasteiger charge is 2.43. The second-order valence-corrected chi connectivity index (χ2v) is 9.36. The third-order valence-corrected chi connectivity index (χ3v) is 6.94. The van der Waals surface area contributed by atoms with Crippen LogP contribution in [0.4, 0.5) is 0 Å². The number of hydrogen-bond acceptors (Lipinski definition) is 3. The van der Waals surface area contributed by atoms with Gasteiger partial charge in [0.1, 0.15) is 0 Å². The van der Waals surface area contributed by atoms with Gasteiger partial charge >= 0.3 is 0 Å². The molecule has 2 fully saturated rings. The van der Waals surface area contributed by atoms with Gasteiger partial charge in [-0.1, -0.05) is 41.4 Å². The minimum absolute atomic E-state index is 0.0396. The van der Waals surface area contributed by atoms with Crippen molar-refractivity contribution >= 4 is 35.0 Å². The zero-order valence-electron chi connectivity index (χ0n) is 17.5. The molecule has 2 aliphatic heterocycles. The Morgan fingerprint density at radius 1 is 1.03 bits per heavy atom. The lowest BCUT2D eigenvalue weighted by molar-refractivity contribution is -0.121. The molecule has 164 valence electrons. The molecule has 2 N–H and O–H groups in total. The predicted octanol–water partition coefficient (Wildman–Crippen LogP) is 4.60. The van der Waals surface area contributed by atoms with Gasteiger partial charge in [0.05, 0.1) is 6.54 Å². The van der Waals surface area contributed by atoms with E-state index in [9.17, 15) is 9.59 Å². The van der Waals surface area contributed by atoms with Crippen molar-refractivity contribution in [2.75, 3.05) is 6.54 Å². The van der Waals surface area contributed by atoms with Crippen molar-refractivity contribution in [2.24, 2.45) is 0 Å². The molecule has 31 heavy (non-hydrogen) atoms. The molecular formula is C24H27Cl2N3O2. The standard InChI is InChI=1S/C24H27Cl2N3O2/c1-15(16-5-7-18(25)8-6-16)29-21-9-10-22(29)13-20(12-21)28-23(30)14-27-24(31)17-3-2-4-19(26)11-17/h2-8,11,15,20-22H,9-10,12-14H2,1H3,(H,27,31)(H,28,30)/t15?,21-,22-/m1/s1. The largest absolute Gasteiger partial charge is 0.352 e. The van der Waals surface area contributed by atoms with Gasteiger partial charge in [-0.3, -0.25) is 14.5 Å². The number of piperidine rings is 1. The average Bonchev–Trinajstić information content (AvgIpc) is 3.02. The summed E-state index contributed by atoms with van der Waals surface area (Å²) < 4.78 is 0. The van der Waals surface area contributed by atoms with E-state index in [0.29, 0.717) is 28.7 Å². The molecule has 0 aromatic heterocycles. The van der Waals surface area contributed by atoms with E-state index in [1.807, 2.05) is 12.1 Å². The normalized spacial score (nSPS) is 23.9. The summed E-state index contributed by atoms with van der Waals surface area (Å²) in [7, 11) is 0. The summed E-state index contributed by atoms with van der Waals surface area (Å²) in [6.07, 6.45) is 4.17. The summed E-state index contributed by atoms with van der Waals surface area (Å²) in [6, 6.07) is 16.1. The van der Waals surface area contributed by atoms with Crippen LogP contribution in [0.3, 0.4) is 0 Å². The second-order valence-electron chi connectivity index (χ2n) is 8.49. The SMILES string of the molecule is CC(c1ccc(Cl)cc1)N1[C@@H]2CC[C@@H]1CC(NC(=O)CNC(=O)c1cccc(Cl)c1)C2. The Morgan fingerprint density at radius 3 is 2.35 bits per heavy atom. The van der Waals surface area contributed by atoms with E-state index in [1.54, 1.807) is 24.3 Å². The number of amides is 2. The Balaban J connectivity index is 1.29. The van der Waals surface area contributed by atoms with E-state index in [0.717, 1.165) is 30.7 Å². The predicted molar refractivity (Wildman–Crippen MR) is 123 cm³/mol. The first-order chi connectivity index (χ1) is 14.9. The molecular weight excluding hydrogens is 433 g/mol. The van der Waals surface area contributed by atoms with Gasteiger partial charge in [0, 0.05) is 39.8 Å². The van der Waals surface area contributed by atoms with E-state index >= 15 is 0 Å². The molecule has 2 saturated heterocycles. The number of hydrogen-bond donors (Lipinski definition) is 2. The van der Waals surface area contributed by atoms with Crippen LogP contribution >= 0.6 is 23.2 Å². The van der Waals surface area contributed by atoms with Gasteiger partial charge < -0.3 is 10.6 Å². The molecule has 0 saturated carbocycles. The number of rotatable bonds is 6. The summed E-state index contributed by atoms with van der Waals surface area (Å²) >= 11 is 12.0. The van der Waals surface area contributed by atoms with Gasteiger partial charge in [0.25, 0.3) is 5.91 Å². The van der Waals surface area contributed by atoms with Gasteiger partial charge in [0.15, 0.2) is 0 Å². The number of nitrogens with one attached hydrogen (secondary N) is 2. The molecule has 2 bridgehead atoms. The Bertz CT molecular complexity index is 936. The number of nitrogens with zero attached hydrogens (tertiary/aromatic N) is 1. The minimum atomic E-state index is -0.302. The van der Waals surface area contributed by atoms with E-state index in [4.69, 9.17) is 23.2 Å². The molecule has 4 rings (SSSR count). The van der Waals surface area contributed by atoms with Crippen molar-refractivity contribution in [1.82, 2.24) is 15.5 Å². The van der Waals surface area contributed by atoms with Crippen molar-refractivity contribution in [3.63, 3.8) is 0 Å². The number of fused-ring (bicyclic) bond motifs is 2. The van der Waals surface area contributed by atoms with Crippen LogP contribution in [-0.2, 0) is 4.79 Å². The van der Waals surface area contributed by atoms with Gasteiger partial charge in [-0.25, -0.2) is 0 Å². The van der Waals surface area contributed by atoms with Crippen LogP contribution in [0.1, 0.15) is 54.6 Å². The fourth-order valence-electron chi connectivity index (χ4n) is 5.05. The molecule has 0 spiro atoms. The molecule has 2 aromatic rings. The molecule has 1 unspecified atom stereocenters. The minimum Gasteiger partial charge on any atom is -0.352 e. The Morgan fingerprint density at radius 2 is 1.71 bits per heavy atom. The van der Waals surface area contributed by atoms with Crippen LogP contribution in [0.2, 0.25) is 10.0 Å². The van der Waals surface area contributed by atoms with Crippen molar-refractivity contribution < 1.29 is 9.59 Å². The molecule has 2 amide bonds. The lowest BCUT2D eigenvalue weighted by Crippen LogP contribution is -2.52. The number of carbonyl (C=O) groups excluding carboxylic acids is 2. The molecule has 0 radical (unpaired) electrons. The third-order valence-electron chi connectivity index (χ3n) is 6.45. The van der Waals surface area contributed by atoms with Gasteiger partial charge in [-0.2, -0.15) is 0 Å². The average molecular weight is 460 g/mol. The van der Waals surface area contributed by atoms with Crippen molar-refractivity contribution in [3.8, 4) is 0 Å². The molecule has 3 atom stereocenters. The van der Waals surface area contributed by atoms with Crippen LogP contribution in [0.25, 0.3) is 0 Å². The number of carbonyl (C=O) groups is 2. The maximum atomic E-state index is 12.4. The lowest BCUT2D eigenvalue weighted by Gasteiger charge is -2.43. The third kappa shape index (κ3) is 5.22. The van der Waals surface area contributed by atoms with E-state index in [2.05, 4.69) is 34.6 Å². The monoisotopic (exact) mass is 459 g/mol. The zero-order chi connectivity index (χ0) is 22.0. The van der Waals surface area contributed by atoms with Crippen molar-refractivity contribution in [2.45, 2.75) is 56.8 Å². The summed E-state index contributed by atoms with van der Waals surface area (Å²) in [4.78, 5) is 27.3. The van der Waals surface area contributed by atoms with Crippen LogP contribution in [0, 0.1) is 0 Å². The fraction of sp³-hybridized carbons (Fsp3) is 0.417. The van der Waals surface area contributed by atoms with E-state index < -0.39 is 0 Å². The highest BCUT2D eigenvalue weighted by molar-refractivity contribution is 6.31. The van der Waals surface area contributed by atoms with Gasteiger partial charge in [-0.05, 0) is 68.5 Å². The Hall–Kier alpha value is -2.08. The maximum Gasteiger partial charge on any atom is 0.251 e. The van der Waals surface area contributed by atoms with Crippen LogP contribution in [-0.4, -0.2) is 41.4 Å². The molecule has 7 heteroatoms. The molecule has 2 aliphatic rings. The molecule has 2 heterocycles. The zero-order valence-corrected chi connectivity index (χ0v) is 19.0. The number of benzene rings is 2. The van der Waals surface area contributed by atoms with Gasteiger partial charge in [0.2, 0.25) is 5.91 Å². The van der Waals surface area contributed by atoms with Crippen molar-refractivity contribution in [1.29, 1.82) is 0 Å². The fourth-order valence-corrected chi connectivity index (χ4v) is 5.36. The molecule has 5 nitrogen and oxygen atoms in total. The Kier molecular flexibility index (Phi) is 6.85. The van der Waals surface area contributed by atoms with Crippen molar-refractivity contribution in [3.05, 3.63) is 69.7 Å². The Labute approximate surface area is 193 Å². The molecule has 0 aliphatic carbocycles. The molecule has 2 aromatic carbocycles. The second kappa shape index (κ2) is 9.60. The first-order valence-electron chi connectivity index (χ1n) is 10.8. The summed E-state index contributed by atoms with van der Waals surface area (Å²) in [6.45, 7) is 2.21. The summed E-state index contributed by atoms with van der Waals surface area (Å²) in [5.41, 5.74) is 1.72.